The Labute approximate surface area is 186 Å². The maximum atomic E-state index is 13.2. The molecule has 2 unspecified atom stereocenters. The highest BCUT2D eigenvalue weighted by Gasteiger charge is 2.38. The molecule has 2 aliphatic rings. The molecule has 31 heavy (non-hydrogen) atoms. The van der Waals surface area contributed by atoms with Gasteiger partial charge in [0, 0.05) is 27.7 Å². The molecule has 2 N–H and O–H groups in total. The molecule has 2 atom stereocenters. The Morgan fingerprint density at radius 3 is 2.39 bits per heavy atom. The van der Waals surface area contributed by atoms with Gasteiger partial charge in [-0.15, -0.1) is 11.3 Å². The van der Waals surface area contributed by atoms with Gasteiger partial charge in [-0.2, -0.15) is 0 Å². The molecule has 2 fully saturated rings. The van der Waals surface area contributed by atoms with E-state index in [1.807, 2.05) is 12.1 Å². The second kappa shape index (κ2) is 8.19. The maximum absolute atomic E-state index is 13.2. The maximum Gasteiger partial charge on any atom is 0.343 e. The number of phenols is 1. The van der Waals surface area contributed by atoms with Crippen LogP contribution in [0.4, 0.5) is 0 Å². The minimum atomic E-state index is -0.399. The fourth-order valence-electron chi connectivity index (χ4n) is 4.63. The van der Waals surface area contributed by atoms with E-state index in [0.29, 0.717) is 29.6 Å². The molecule has 2 aromatic heterocycles. The highest BCUT2D eigenvalue weighted by atomic mass is 32.1. The molecular weight excluding hydrogens is 408 g/mol. The fraction of sp³-hybridized carbons (Fsp3) is 0.423. The molecule has 162 valence electrons. The lowest BCUT2D eigenvalue weighted by atomic mass is 9.89. The number of aromatic hydroxyl groups is 2. The Hall–Kier alpha value is -2.53. The van der Waals surface area contributed by atoms with Crippen molar-refractivity contribution in [2.75, 3.05) is 0 Å². The molecule has 5 heteroatoms. The number of phenolic OH excluding ortho intramolecular Hbond substituents is 1. The number of rotatable bonds is 8. The molecule has 0 saturated heterocycles. The van der Waals surface area contributed by atoms with Crippen LogP contribution in [0.15, 0.2) is 51.7 Å². The molecule has 0 radical (unpaired) electrons. The fourth-order valence-corrected chi connectivity index (χ4v) is 5.71. The minimum absolute atomic E-state index is 0.0352. The first kappa shape index (κ1) is 20.4. The SMILES string of the molecule is Cc1ccc(C(c2c(O)cc(C(Cc3ccc(O)cc3)CC3CC3)oc2=O)C2CC2)s1. The van der Waals surface area contributed by atoms with Crippen LogP contribution in [-0.4, -0.2) is 10.2 Å². The van der Waals surface area contributed by atoms with Crippen molar-refractivity contribution in [3.8, 4) is 11.5 Å². The van der Waals surface area contributed by atoms with Crippen molar-refractivity contribution in [1.29, 1.82) is 0 Å². The molecule has 5 rings (SSSR count). The first-order valence-electron chi connectivity index (χ1n) is 11.2. The van der Waals surface area contributed by atoms with Crippen molar-refractivity contribution in [2.24, 2.45) is 11.8 Å². The smallest absolute Gasteiger partial charge is 0.343 e. The number of thiophene rings is 1. The first-order chi connectivity index (χ1) is 15.0. The largest absolute Gasteiger partial charge is 0.508 e. The number of hydrogen-bond acceptors (Lipinski definition) is 5. The summed E-state index contributed by atoms with van der Waals surface area (Å²) in [5, 5.41) is 20.6. The summed E-state index contributed by atoms with van der Waals surface area (Å²) in [5.74, 6) is 1.89. The monoisotopic (exact) mass is 436 g/mol. The van der Waals surface area contributed by atoms with Crippen LogP contribution >= 0.6 is 11.3 Å². The number of hydrogen-bond donors (Lipinski definition) is 2. The molecule has 2 aliphatic carbocycles. The molecule has 2 heterocycles. The lowest BCUT2D eigenvalue weighted by molar-refractivity contribution is 0.371. The second-order valence-electron chi connectivity index (χ2n) is 9.25. The topological polar surface area (TPSA) is 70.7 Å². The first-order valence-corrected chi connectivity index (χ1v) is 12.0. The average molecular weight is 437 g/mol. The molecule has 2 saturated carbocycles. The predicted octanol–water partition coefficient (Wildman–Crippen LogP) is 6.09. The normalized spacial score (nSPS) is 18.1. The van der Waals surface area contributed by atoms with E-state index in [4.69, 9.17) is 4.42 Å². The standard InChI is InChI=1S/C26H28O4S/c1-15-2-11-23(31-15)24(18-7-8-18)25-21(28)14-22(30-26(25)29)19(12-16-3-4-16)13-17-5-9-20(27)10-6-17/h2,5-6,9-11,14,16,18-19,24,27-28H,3-4,7-8,12-13H2,1H3. The summed E-state index contributed by atoms with van der Waals surface area (Å²) in [4.78, 5) is 15.5. The van der Waals surface area contributed by atoms with Crippen molar-refractivity contribution in [3.63, 3.8) is 0 Å². The van der Waals surface area contributed by atoms with Crippen LogP contribution in [0, 0.1) is 18.8 Å². The summed E-state index contributed by atoms with van der Waals surface area (Å²) in [7, 11) is 0. The molecular formula is C26H28O4S. The van der Waals surface area contributed by atoms with Gasteiger partial charge in [0.05, 0.1) is 5.56 Å². The Balaban J connectivity index is 1.48. The average Bonchev–Trinajstić information content (AvgIpc) is 3.66. The molecule has 0 spiro atoms. The zero-order valence-electron chi connectivity index (χ0n) is 17.7. The van der Waals surface area contributed by atoms with Crippen molar-refractivity contribution in [2.45, 2.75) is 57.3 Å². The van der Waals surface area contributed by atoms with Gasteiger partial charge < -0.3 is 14.6 Å². The second-order valence-corrected chi connectivity index (χ2v) is 10.6. The van der Waals surface area contributed by atoms with Crippen LogP contribution in [0.1, 0.15) is 70.6 Å². The van der Waals surface area contributed by atoms with Gasteiger partial charge in [0.25, 0.3) is 0 Å². The van der Waals surface area contributed by atoms with Gasteiger partial charge in [0.2, 0.25) is 0 Å². The lowest BCUT2D eigenvalue weighted by Crippen LogP contribution is -2.17. The number of benzene rings is 1. The van der Waals surface area contributed by atoms with Crippen LogP contribution in [0.5, 0.6) is 11.5 Å². The van der Waals surface area contributed by atoms with Crippen LogP contribution < -0.4 is 5.63 Å². The van der Waals surface area contributed by atoms with E-state index in [9.17, 15) is 15.0 Å². The summed E-state index contributed by atoms with van der Waals surface area (Å²) in [6.45, 7) is 2.06. The van der Waals surface area contributed by atoms with Crippen LogP contribution in [0.25, 0.3) is 0 Å². The predicted molar refractivity (Wildman–Crippen MR) is 122 cm³/mol. The third-order valence-corrected chi connectivity index (χ3v) is 7.68. The summed E-state index contributed by atoms with van der Waals surface area (Å²) in [5.41, 5.74) is 1.10. The van der Waals surface area contributed by atoms with E-state index in [1.54, 1.807) is 29.5 Å². The Morgan fingerprint density at radius 1 is 1.06 bits per heavy atom. The molecule has 4 nitrogen and oxygen atoms in total. The Morgan fingerprint density at radius 2 is 1.81 bits per heavy atom. The van der Waals surface area contributed by atoms with Crippen LogP contribution in [0.2, 0.25) is 0 Å². The van der Waals surface area contributed by atoms with Gasteiger partial charge in [0.1, 0.15) is 17.3 Å². The lowest BCUT2D eigenvalue weighted by Gasteiger charge is -2.19. The summed E-state index contributed by atoms with van der Waals surface area (Å²) in [6, 6.07) is 13.0. The molecule has 0 amide bonds. The highest BCUT2D eigenvalue weighted by Crippen LogP contribution is 2.49. The quantitative estimate of drug-likeness (QED) is 0.448. The minimum Gasteiger partial charge on any atom is -0.508 e. The van der Waals surface area contributed by atoms with Gasteiger partial charge in [0.15, 0.2) is 0 Å². The Kier molecular flexibility index (Phi) is 5.39. The van der Waals surface area contributed by atoms with E-state index >= 15 is 0 Å². The highest BCUT2D eigenvalue weighted by molar-refractivity contribution is 7.12. The molecule has 0 bridgehead atoms. The van der Waals surface area contributed by atoms with E-state index in [0.717, 1.165) is 29.7 Å². The van der Waals surface area contributed by atoms with E-state index in [2.05, 4.69) is 19.1 Å². The zero-order valence-corrected chi connectivity index (χ0v) is 18.5. The number of aryl methyl sites for hydroxylation is 1. The van der Waals surface area contributed by atoms with E-state index in [1.165, 1.54) is 17.7 Å². The van der Waals surface area contributed by atoms with Crippen LogP contribution in [0.3, 0.4) is 0 Å². The van der Waals surface area contributed by atoms with Crippen LogP contribution in [-0.2, 0) is 6.42 Å². The summed E-state index contributed by atoms with van der Waals surface area (Å²) < 4.78 is 5.90. The van der Waals surface area contributed by atoms with Crippen molar-refractivity contribution < 1.29 is 14.6 Å². The Bertz CT molecular complexity index is 1120. The summed E-state index contributed by atoms with van der Waals surface area (Å²) >= 11 is 1.69. The third-order valence-electron chi connectivity index (χ3n) is 6.59. The van der Waals surface area contributed by atoms with E-state index in [-0.39, 0.29) is 23.3 Å². The van der Waals surface area contributed by atoms with Gasteiger partial charge in [-0.3, -0.25) is 0 Å². The summed E-state index contributed by atoms with van der Waals surface area (Å²) in [6.07, 6.45) is 6.23. The van der Waals surface area contributed by atoms with Crippen molar-refractivity contribution >= 4 is 11.3 Å². The van der Waals surface area contributed by atoms with Crippen molar-refractivity contribution in [1.82, 2.24) is 0 Å². The van der Waals surface area contributed by atoms with Gasteiger partial charge in [-0.05, 0) is 74.3 Å². The molecule has 1 aromatic carbocycles. The molecule has 3 aromatic rings. The van der Waals surface area contributed by atoms with Gasteiger partial charge in [-0.1, -0.05) is 25.0 Å². The van der Waals surface area contributed by atoms with Gasteiger partial charge >= 0.3 is 5.63 Å². The van der Waals surface area contributed by atoms with Gasteiger partial charge in [-0.25, -0.2) is 4.79 Å². The van der Waals surface area contributed by atoms with E-state index < -0.39 is 5.63 Å². The van der Waals surface area contributed by atoms with Crippen molar-refractivity contribution in [3.05, 3.63) is 79.5 Å². The molecule has 0 aliphatic heterocycles. The zero-order chi connectivity index (χ0) is 21.5. The third kappa shape index (κ3) is 4.57.